The molecule has 2 aromatic rings. The number of hydrogen-bond acceptors (Lipinski definition) is 6. The molecule has 1 aromatic carbocycles. The van der Waals surface area contributed by atoms with Crippen LogP contribution in [0, 0.1) is 6.92 Å². The predicted molar refractivity (Wildman–Crippen MR) is 85.3 cm³/mol. The van der Waals surface area contributed by atoms with Gasteiger partial charge in [-0.25, -0.2) is 0 Å². The van der Waals surface area contributed by atoms with Gasteiger partial charge in [0.25, 0.3) is 0 Å². The lowest BCUT2D eigenvalue weighted by Crippen LogP contribution is -2.21. The minimum absolute atomic E-state index is 0.571. The van der Waals surface area contributed by atoms with Crippen LogP contribution >= 0.6 is 0 Å². The Morgan fingerprint density at radius 1 is 1.05 bits per heavy atom. The van der Waals surface area contributed by atoms with E-state index in [4.69, 9.17) is 0 Å². The van der Waals surface area contributed by atoms with Gasteiger partial charge in [-0.1, -0.05) is 12.1 Å². The Kier molecular flexibility index (Phi) is 3.85. The SMILES string of the molecule is CNc1nc(Nc2cccc(C)c2)nc(N2CCCC2)n1. The van der Waals surface area contributed by atoms with Crippen molar-refractivity contribution in [2.24, 2.45) is 0 Å². The largest absolute Gasteiger partial charge is 0.357 e. The molecule has 0 amide bonds. The average molecular weight is 284 g/mol. The Morgan fingerprint density at radius 3 is 2.52 bits per heavy atom. The summed E-state index contributed by atoms with van der Waals surface area (Å²) in [6.45, 7) is 4.08. The second kappa shape index (κ2) is 5.95. The zero-order valence-corrected chi connectivity index (χ0v) is 12.4. The Hall–Kier alpha value is -2.37. The highest BCUT2D eigenvalue weighted by molar-refractivity contribution is 5.56. The molecule has 110 valence electrons. The molecule has 1 saturated heterocycles. The molecule has 0 atom stereocenters. The molecule has 1 aliphatic heterocycles. The molecule has 2 heterocycles. The first-order chi connectivity index (χ1) is 10.2. The third-order valence-corrected chi connectivity index (χ3v) is 3.51. The fourth-order valence-electron chi connectivity index (χ4n) is 2.44. The van der Waals surface area contributed by atoms with E-state index in [-0.39, 0.29) is 0 Å². The zero-order valence-electron chi connectivity index (χ0n) is 12.4. The molecule has 1 aromatic heterocycles. The standard InChI is InChI=1S/C15H20N6/c1-11-6-5-7-12(10-11)17-14-18-13(16-2)19-15(20-14)21-8-3-4-9-21/h5-7,10H,3-4,8-9H2,1-2H3,(H2,16,17,18,19,20). The predicted octanol–water partition coefficient (Wildman–Crippen LogP) is 2.57. The molecule has 1 fully saturated rings. The summed E-state index contributed by atoms with van der Waals surface area (Å²) in [6, 6.07) is 8.15. The summed E-state index contributed by atoms with van der Waals surface area (Å²) in [4.78, 5) is 15.6. The van der Waals surface area contributed by atoms with Gasteiger partial charge < -0.3 is 15.5 Å². The maximum absolute atomic E-state index is 4.54. The molecule has 0 radical (unpaired) electrons. The first-order valence-corrected chi connectivity index (χ1v) is 7.27. The summed E-state index contributed by atoms with van der Waals surface area (Å²) < 4.78 is 0. The molecular formula is C15H20N6. The molecule has 0 bridgehead atoms. The fraction of sp³-hybridized carbons (Fsp3) is 0.400. The second-order valence-electron chi connectivity index (χ2n) is 5.22. The number of nitrogens with zero attached hydrogens (tertiary/aromatic N) is 4. The molecule has 0 spiro atoms. The number of hydrogen-bond donors (Lipinski definition) is 2. The van der Waals surface area contributed by atoms with Gasteiger partial charge in [0.05, 0.1) is 0 Å². The lowest BCUT2D eigenvalue weighted by Gasteiger charge is -2.16. The highest BCUT2D eigenvalue weighted by Gasteiger charge is 2.17. The summed E-state index contributed by atoms with van der Waals surface area (Å²) in [5, 5.41) is 6.25. The molecule has 0 unspecified atom stereocenters. The molecule has 3 rings (SSSR count). The van der Waals surface area contributed by atoms with Gasteiger partial charge in [-0.2, -0.15) is 15.0 Å². The van der Waals surface area contributed by atoms with E-state index in [0.717, 1.165) is 24.7 Å². The quantitative estimate of drug-likeness (QED) is 0.899. The van der Waals surface area contributed by atoms with Crippen LogP contribution in [0.3, 0.4) is 0 Å². The Morgan fingerprint density at radius 2 is 1.81 bits per heavy atom. The topological polar surface area (TPSA) is 66.0 Å². The fourth-order valence-corrected chi connectivity index (χ4v) is 2.44. The van der Waals surface area contributed by atoms with Crippen LogP contribution in [0.2, 0.25) is 0 Å². The maximum atomic E-state index is 4.54. The van der Waals surface area contributed by atoms with Crippen LogP contribution < -0.4 is 15.5 Å². The van der Waals surface area contributed by atoms with Crippen molar-refractivity contribution in [1.82, 2.24) is 15.0 Å². The van der Waals surface area contributed by atoms with E-state index in [2.05, 4.69) is 49.5 Å². The van der Waals surface area contributed by atoms with Crippen LogP contribution in [-0.2, 0) is 0 Å². The van der Waals surface area contributed by atoms with E-state index in [1.165, 1.54) is 18.4 Å². The molecule has 2 N–H and O–H groups in total. The lowest BCUT2D eigenvalue weighted by molar-refractivity contribution is 0.885. The molecule has 0 saturated carbocycles. The van der Waals surface area contributed by atoms with E-state index in [1.54, 1.807) is 0 Å². The molecule has 6 nitrogen and oxygen atoms in total. The van der Waals surface area contributed by atoms with Gasteiger partial charge in [-0.05, 0) is 37.5 Å². The van der Waals surface area contributed by atoms with Crippen molar-refractivity contribution in [3.8, 4) is 0 Å². The summed E-state index contributed by atoms with van der Waals surface area (Å²) in [5.74, 6) is 1.89. The first kappa shape index (κ1) is 13.6. The van der Waals surface area contributed by atoms with E-state index in [1.807, 2.05) is 19.2 Å². The van der Waals surface area contributed by atoms with Crippen molar-refractivity contribution in [3.05, 3.63) is 29.8 Å². The highest BCUT2D eigenvalue weighted by atomic mass is 15.3. The second-order valence-corrected chi connectivity index (χ2v) is 5.22. The van der Waals surface area contributed by atoms with E-state index >= 15 is 0 Å². The third kappa shape index (κ3) is 3.21. The van der Waals surface area contributed by atoms with Crippen molar-refractivity contribution in [3.63, 3.8) is 0 Å². The minimum Gasteiger partial charge on any atom is -0.357 e. The van der Waals surface area contributed by atoms with Crippen LogP contribution in [0.5, 0.6) is 0 Å². The monoisotopic (exact) mass is 284 g/mol. The van der Waals surface area contributed by atoms with Gasteiger partial charge >= 0.3 is 0 Å². The van der Waals surface area contributed by atoms with Crippen molar-refractivity contribution in [2.75, 3.05) is 35.7 Å². The summed E-state index contributed by atoms with van der Waals surface area (Å²) in [5.41, 5.74) is 2.18. The molecule has 0 aliphatic carbocycles. The normalized spacial score (nSPS) is 14.3. The number of nitrogens with one attached hydrogen (secondary N) is 2. The van der Waals surface area contributed by atoms with Gasteiger partial charge in [0.2, 0.25) is 17.8 Å². The van der Waals surface area contributed by atoms with Crippen molar-refractivity contribution < 1.29 is 0 Å². The third-order valence-electron chi connectivity index (χ3n) is 3.51. The summed E-state index contributed by atoms with van der Waals surface area (Å²) in [7, 11) is 1.82. The van der Waals surface area contributed by atoms with Gasteiger partial charge in [0.15, 0.2) is 0 Å². The Labute approximate surface area is 124 Å². The van der Waals surface area contributed by atoms with Gasteiger partial charge in [0, 0.05) is 25.8 Å². The Bertz CT molecular complexity index is 621. The van der Waals surface area contributed by atoms with Crippen molar-refractivity contribution in [1.29, 1.82) is 0 Å². The molecule has 21 heavy (non-hydrogen) atoms. The smallest absolute Gasteiger partial charge is 0.233 e. The van der Waals surface area contributed by atoms with Crippen molar-refractivity contribution in [2.45, 2.75) is 19.8 Å². The number of benzene rings is 1. The average Bonchev–Trinajstić information content (AvgIpc) is 3.01. The van der Waals surface area contributed by atoms with Crippen LogP contribution in [0.4, 0.5) is 23.5 Å². The zero-order chi connectivity index (χ0) is 14.7. The summed E-state index contributed by atoms with van der Waals surface area (Å²) in [6.07, 6.45) is 2.39. The maximum Gasteiger partial charge on any atom is 0.233 e. The van der Waals surface area contributed by atoms with E-state index in [0.29, 0.717) is 11.9 Å². The van der Waals surface area contributed by atoms with Gasteiger partial charge in [-0.15, -0.1) is 0 Å². The molecule has 6 heteroatoms. The van der Waals surface area contributed by atoms with E-state index in [9.17, 15) is 0 Å². The number of aryl methyl sites for hydroxylation is 1. The highest BCUT2D eigenvalue weighted by Crippen LogP contribution is 2.21. The van der Waals surface area contributed by atoms with E-state index < -0.39 is 0 Å². The Balaban J connectivity index is 1.88. The van der Waals surface area contributed by atoms with Crippen LogP contribution in [0.15, 0.2) is 24.3 Å². The van der Waals surface area contributed by atoms with Gasteiger partial charge in [0.1, 0.15) is 0 Å². The number of rotatable bonds is 4. The molecular weight excluding hydrogens is 264 g/mol. The number of aromatic nitrogens is 3. The van der Waals surface area contributed by atoms with Crippen LogP contribution in [-0.4, -0.2) is 35.1 Å². The van der Waals surface area contributed by atoms with Gasteiger partial charge in [-0.3, -0.25) is 0 Å². The lowest BCUT2D eigenvalue weighted by atomic mass is 10.2. The molecule has 1 aliphatic rings. The van der Waals surface area contributed by atoms with Crippen molar-refractivity contribution >= 4 is 23.5 Å². The van der Waals surface area contributed by atoms with Crippen LogP contribution in [0.25, 0.3) is 0 Å². The first-order valence-electron chi connectivity index (χ1n) is 7.27. The minimum atomic E-state index is 0.571. The summed E-state index contributed by atoms with van der Waals surface area (Å²) >= 11 is 0. The van der Waals surface area contributed by atoms with Crippen LogP contribution in [0.1, 0.15) is 18.4 Å². The number of anilines is 4.